The Hall–Kier alpha value is -0.810. The number of rotatable bonds is 8. The van der Waals surface area contributed by atoms with Crippen LogP contribution in [0.15, 0.2) is 0 Å². The maximum Gasteiger partial charge on any atom is 0.217 e. The predicted molar refractivity (Wildman–Crippen MR) is 71.2 cm³/mol. The molecule has 5 atom stereocenters. The Morgan fingerprint density at radius 2 is 2.00 bits per heavy atom. The fraction of sp³-hybridized carbons (Fsp3) is 0.917. The van der Waals surface area contributed by atoms with Crippen molar-refractivity contribution in [3.05, 3.63) is 0 Å². The largest absolute Gasteiger partial charge is 0.394 e. The second-order valence-electron chi connectivity index (χ2n) is 4.70. The number of carbonyl (C=O) groups excluding carboxylic acids is 1. The molecule has 0 spiro atoms. The van der Waals surface area contributed by atoms with Gasteiger partial charge < -0.3 is 40.6 Å². The highest BCUT2D eigenvalue weighted by atomic mass is 16.7. The van der Waals surface area contributed by atoms with E-state index in [1.165, 1.54) is 6.92 Å². The van der Waals surface area contributed by atoms with Crippen molar-refractivity contribution in [2.24, 2.45) is 5.73 Å². The second kappa shape index (κ2) is 9.26. The molecule has 1 fully saturated rings. The van der Waals surface area contributed by atoms with Crippen molar-refractivity contribution in [1.82, 2.24) is 5.32 Å². The zero-order valence-corrected chi connectivity index (χ0v) is 12.0. The van der Waals surface area contributed by atoms with Gasteiger partial charge in [-0.05, 0) is 0 Å². The third kappa shape index (κ3) is 5.47. The first kappa shape index (κ1) is 18.2. The Balaban J connectivity index is 2.58. The minimum Gasteiger partial charge on any atom is -0.394 e. The van der Waals surface area contributed by atoms with E-state index in [2.05, 4.69) is 5.32 Å². The fourth-order valence-electron chi connectivity index (χ4n) is 2.02. The Kier molecular flexibility index (Phi) is 8.04. The van der Waals surface area contributed by atoms with E-state index in [0.29, 0.717) is 13.2 Å². The van der Waals surface area contributed by atoms with Crippen molar-refractivity contribution in [1.29, 1.82) is 0 Å². The lowest BCUT2D eigenvalue weighted by Gasteiger charge is -2.42. The Morgan fingerprint density at radius 1 is 1.29 bits per heavy atom. The van der Waals surface area contributed by atoms with E-state index in [9.17, 15) is 15.0 Å². The second-order valence-corrected chi connectivity index (χ2v) is 4.70. The molecule has 0 aromatic carbocycles. The van der Waals surface area contributed by atoms with Gasteiger partial charge in [-0.3, -0.25) is 4.79 Å². The Labute approximate surface area is 123 Å². The summed E-state index contributed by atoms with van der Waals surface area (Å²) in [6.07, 6.45) is -4.61. The normalized spacial score (nSPS) is 32.9. The smallest absolute Gasteiger partial charge is 0.217 e. The highest BCUT2D eigenvalue weighted by Crippen LogP contribution is 2.22. The van der Waals surface area contributed by atoms with Crippen molar-refractivity contribution in [2.75, 3.05) is 33.0 Å². The highest BCUT2D eigenvalue weighted by molar-refractivity contribution is 5.73. The molecule has 1 aliphatic rings. The molecule has 6 N–H and O–H groups in total. The number of hydrogen-bond acceptors (Lipinski definition) is 8. The molecule has 0 aliphatic carbocycles. The molecule has 9 nitrogen and oxygen atoms in total. The van der Waals surface area contributed by atoms with Gasteiger partial charge in [0.15, 0.2) is 6.29 Å². The number of amides is 1. The summed E-state index contributed by atoms with van der Waals surface area (Å²) < 4.78 is 15.9. The molecule has 0 aromatic rings. The van der Waals surface area contributed by atoms with Crippen molar-refractivity contribution in [2.45, 2.75) is 37.6 Å². The summed E-state index contributed by atoms with van der Waals surface area (Å²) in [7, 11) is 0. The van der Waals surface area contributed by atoms with Gasteiger partial charge in [-0.25, -0.2) is 0 Å². The van der Waals surface area contributed by atoms with Gasteiger partial charge >= 0.3 is 0 Å². The quantitative estimate of drug-likeness (QED) is 0.297. The predicted octanol–water partition coefficient (Wildman–Crippen LogP) is -3.08. The topological polar surface area (TPSA) is 144 Å². The highest BCUT2D eigenvalue weighted by Gasteiger charge is 2.45. The van der Waals surface area contributed by atoms with Crippen LogP contribution in [0.4, 0.5) is 0 Å². The molecule has 1 rings (SSSR count). The fourth-order valence-corrected chi connectivity index (χ4v) is 2.02. The van der Waals surface area contributed by atoms with Crippen LogP contribution in [-0.2, 0) is 19.0 Å². The van der Waals surface area contributed by atoms with Gasteiger partial charge in [0.2, 0.25) is 5.91 Å². The van der Waals surface area contributed by atoms with E-state index < -0.39 is 43.2 Å². The minimum atomic E-state index is -1.32. The molecule has 1 aliphatic heterocycles. The summed E-state index contributed by atoms with van der Waals surface area (Å²) >= 11 is 0. The monoisotopic (exact) mass is 308 g/mol. The van der Waals surface area contributed by atoms with Crippen molar-refractivity contribution < 1.29 is 34.3 Å². The Bertz CT molecular complexity index is 318. The van der Waals surface area contributed by atoms with Gasteiger partial charge in [-0.2, -0.15) is 0 Å². The zero-order valence-electron chi connectivity index (χ0n) is 12.0. The average Bonchev–Trinajstić information content (AvgIpc) is 2.45. The van der Waals surface area contributed by atoms with Gasteiger partial charge in [0.1, 0.15) is 24.4 Å². The first-order chi connectivity index (χ1) is 10.0. The van der Waals surface area contributed by atoms with Crippen LogP contribution in [0.25, 0.3) is 0 Å². The van der Waals surface area contributed by atoms with Crippen LogP contribution in [0.1, 0.15) is 6.92 Å². The van der Waals surface area contributed by atoms with Crippen LogP contribution in [0.5, 0.6) is 0 Å². The van der Waals surface area contributed by atoms with E-state index in [0.717, 1.165) is 0 Å². The molecule has 124 valence electrons. The lowest BCUT2D eigenvalue weighted by Crippen LogP contribution is -2.64. The summed E-state index contributed by atoms with van der Waals surface area (Å²) in [5.74, 6) is -0.398. The average molecular weight is 308 g/mol. The van der Waals surface area contributed by atoms with E-state index in [-0.39, 0.29) is 13.2 Å². The van der Waals surface area contributed by atoms with Crippen LogP contribution < -0.4 is 11.1 Å². The summed E-state index contributed by atoms with van der Waals surface area (Å²) in [5, 5.41) is 31.4. The molecule has 0 aromatic heterocycles. The van der Waals surface area contributed by atoms with Crippen LogP contribution in [0.2, 0.25) is 0 Å². The minimum absolute atomic E-state index is 0.154. The number of carbonyl (C=O) groups is 1. The third-order valence-corrected chi connectivity index (χ3v) is 3.02. The molecule has 0 saturated carbocycles. The SMILES string of the molecule is CC(=O)NC1C(OCCOCCN)OC(CO)C(O)C1O. The van der Waals surface area contributed by atoms with Gasteiger partial charge in [-0.1, -0.05) is 0 Å². The van der Waals surface area contributed by atoms with Crippen molar-refractivity contribution in [3.63, 3.8) is 0 Å². The molecular formula is C12H24N2O7. The molecule has 1 saturated heterocycles. The molecule has 1 amide bonds. The summed E-state index contributed by atoms with van der Waals surface area (Å²) in [4.78, 5) is 11.2. The summed E-state index contributed by atoms with van der Waals surface area (Å²) in [6, 6.07) is -0.935. The number of hydrogen-bond donors (Lipinski definition) is 5. The lowest BCUT2D eigenvalue weighted by atomic mass is 9.97. The van der Waals surface area contributed by atoms with Crippen LogP contribution in [-0.4, -0.2) is 84.8 Å². The standard InChI is InChI=1S/C12H24N2O7/c1-7(16)14-9-11(18)10(17)8(6-15)21-12(9)20-5-4-19-3-2-13/h8-12,15,17-18H,2-6,13H2,1H3,(H,14,16). The van der Waals surface area contributed by atoms with E-state index >= 15 is 0 Å². The van der Waals surface area contributed by atoms with Crippen LogP contribution in [0.3, 0.4) is 0 Å². The summed E-state index contributed by atoms with van der Waals surface area (Å²) in [6.45, 7) is 2.01. The maximum absolute atomic E-state index is 11.2. The molecule has 21 heavy (non-hydrogen) atoms. The number of ether oxygens (including phenoxy) is 3. The van der Waals surface area contributed by atoms with Gasteiger partial charge in [0, 0.05) is 13.5 Å². The van der Waals surface area contributed by atoms with Gasteiger partial charge in [0.25, 0.3) is 0 Å². The van der Waals surface area contributed by atoms with E-state index in [1.54, 1.807) is 0 Å². The van der Waals surface area contributed by atoms with Crippen molar-refractivity contribution in [3.8, 4) is 0 Å². The first-order valence-electron chi connectivity index (χ1n) is 6.80. The Morgan fingerprint density at radius 3 is 2.57 bits per heavy atom. The molecule has 5 unspecified atom stereocenters. The molecule has 9 heteroatoms. The molecule has 0 bridgehead atoms. The van der Waals surface area contributed by atoms with Crippen LogP contribution in [0, 0.1) is 0 Å². The van der Waals surface area contributed by atoms with Crippen LogP contribution >= 0.6 is 0 Å². The number of nitrogens with two attached hydrogens (primary N) is 1. The van der Waals surface area contributed by atoms with Gasteiger partial charge in [0.05, 0.1) is 26.4 Å². The van der Waals surface area contributed by atoms with Crippen molar-refractivity contribution >= 4 is 5.91 Å². The molecule has 1 heterocycles. The molecular weight excluding hydrogens is 284 g/mol. The maximum atomic E-state index is 11.2. The summed E-state index contributed by atoms with van der Waals surface area (Å²) in [5.41, 5.74) is 5.27. The zero-order chi connectivity index (χ0) is 15.8. The third-order valence-electron chi connectivity index (χ3n) is 3.02. The van der Waals surface area contributed by atoms with E-state index in [1.807, 2.05) is 0 Å². The number of aliphatic hydroxyl groups is 3. The first-order valence-corrected chi connectivity index (χ1v) is 6.80. The molecule has 0 radical (unpaired) electrons. The number of nitrogens with one attached hydrogen (secondary N) is 1. The number of aliphatic hydroxyl groups excluding tert-OH is 3. The lowest BCUT2D eigenvalue weighted by molar-refractivity contribution is -0.272. The van der Waals surface area contributed by atoms with Gasteiger partial charge in [-0.15, -0.1) is 0 Å². The van der Waals surface area contributed by atoms with E-state index in [4.69, 9.17) is 25.1 Å².